The van der Waals surface area contributed by atoms with Gasteiger partial charge in [0.15, 0.2) is 11.6 Å². The number of carbonyl (C=O) groups excluding carboxylic acids is 1. The first-order valence-electron chi connectivity index (χ1n) is 13.4. The second-order valence-electron chi connectivity index (χ2n) is 9.70. The summed E-state index contributed by atoms with van der Waals surface area (Å²) in [6, 6.07) is 20.2. The zero-order valence-electron chi connectivity index (χ0n) is 23.3. The molecule has 0 unspecified atom stereocenters. The van der Waals surface area contributed by atoms with E-state index in [4.69, 9.17) is 29.8 Å². The number of aliphatic hydroxyl groups excluding tert-OH is 1. The molecule has 13 heteroatoms. The zero-order chi connectivity index (χ0) is 30.9. The van der Waals surface area contributed by atoms with E-state index in [1.807, 2.05) is 5.32 Å². The summed E-state index contributed by atoms with van der Waals surface area (Å²) in [7, 11) is 1.47. The second-order valence-corrected chi connectivity index (χ2v) is 9.70. The van der Waals surface area contributed by atoms with Gasteiger partial charge in [0.2, 0.25) is 5.90 Å². The number of nitrogens with one attached hydrogen (secondary N) is 1. The Balaban J connectivity index is 1.84. The molecular weight excluding hydrogens is 567 g/mol. The van der Waals surface area contributed by atoms with Crippen molar-refractivity contribution in [1.29, 1.82) is 0 Å². The van der Waals surface area contributed by atoms with Crippen LogP contribution in [0.1, 0.15) is 34.8 Å². The third-order valence-electron chi connectivity index (χ3n) is 6.76. The fourth-order valence-electron chi connectivity index (χ4n) is 4.70. The van der Waals surface area contributed by atoms with Crippen LogP contribution in [0.4, 0.5) is 13.2 Å². The summed E-state index contributed by atoms with van der Waals surface area (Å²) in [5.74, 6) is 0.0354. The summed E-state index contributed by atoms with van der Waals surface area (Å²) in [6.45, 7) is -1.31. The number of aliphatic hydroxyl groups is 1. The average Bonchev–Trinajstić information content (AvgIpc) is 3.40. The number of hydrogen-bond acceptors (Lipinski definition) is 7. The highest BCUT2D eigenvalue weighted by Gasteiger charge is 2.54. The molecule has 0 aliphatic carbocycles. The highest BCUT2D eigenvalue weighted by Crippen LogP contribution is 2.44. The van der Waals surface area contributed by atoms with Crippen LogP contribution in [0.5, 0.6) is 11.5 Å². The number of methoxy groups -OCH3 is 1. The number of benzene rings is 3. The molecule has 1 aliphatic heterocycles. The van der Waals surface area contributed by atoms with Crippen molar-refractivity contribution in [2.24, 2.45) is 10.1 Å². The molecule has 0 radical (unpaired) electrons. The van der Waals surface area contributed by atoms with Gasteiger partial charge < -0.3 is 24.6 Å². The summed E-state index contributed by atoms with van der Waals surface area (Å²) >= 11 is 0. The Labute approximate surface area is 245 Å². The summed E-state index contributed by atoms with van der Waals surface area (Å²) in [6.07, 6.45) is -5.53. The van der Waals surface area contributed by atoms with Crippen LogP contribution in [-0.4, -0.2) is 55.5 Å². The van der Waals surface area contributed by atoms with Crippen LogP contribution in [-0.2, 0) is 22.5 Å². The van der Waals surface area contributed by atoms with Crippen LogP contribution in [0.15, 0.2) is 82.9 Å². The number of azide groups is 1. The number of carbonyl (C=O) groups is 1. The average molecular weight is 598 g/mol. The van der Waals surface area contributed by atoms with Crippen LogP contribution >= 0.6 is 0 Å². The maximum Gasteiger partial charge on any atom is 0.405 e. The first kappa shape index (κ1) is 31.2. The molecule has 4 rings (SSSR count). The Morgan fingerprint density at radius 3 is 2.53 bits per heavy atom. The quantitative estimate of drug-likeness (QED) is 0.117. The van der Waals surface area contributed by atoms with E-state index < -0.39 is 30.3 Å². The molecular formula is C30H30F3N5O5. The Morgan fingerprint density at radius 1 is 1.12 bits per heavy atom. The van der Waals surface area contributed by atoms with Gasteiger partial charge >= 0.3 is 6.18 Å². The summed E-state index contributed by atoms with van der Waals surface area (Å²) in [4.78, 5) is 21.4. The number of aliphatic imine (C=N–C) groups is 1. The van der Waals surface area contributed by atoms with Gasteiger partial charge in [-0.3, -0.25) is 4.79 Å². The van der Waals surface area contributed by atoms with Gasteiger partial charge in [0.1, 0.15) is 18.0 Å². The molecule has 0 saturated carbocycles. The molecule has 3 aromatic rings. The van der Waals surface area contributed by atoms with Gasteiger partial charge in [-0.05, 0) is 58.6 Å². The molecule has 2 atom stereocenters. The molecule has 43 heavy (non-hydrogen) atoms. The lowest BCUT2D eigenvalue weighted by atomic mass is 9.80. The monoisotopic (exact) mass is 597 g/mol. The third kappa shape index (κ3) is 7.76. The molecule has 2 N–H and O–H groups in total. The molecule has 1 aliphatic rings. The third-order valence-corrected chi connectivity index (χ3v) is 6.76. The van der Waals surface area contributed by atoms with Gasteiger partial charge in [-0.15, -0.1) is 0 Å². The van der Waals surface area contributed by atoms with Crippen LogP contribution in [0.3, 0.4) is 0 Å². The predicted octanol–water partition coefficient (Wildman–Crippen LogP) is 5.44. The van der Waals surface area contributed by atoms with Crippen molar-refractivity contribution in [3.05, 3.63) is 105 Å². The zero-order valence-corrected chi connectivity index (χ0v) is 23.3. The predicted molar refractivity (Wildman–Crippen MR) is 152 cm³/mol. The first-order chi connectivity index (χ1) is 20.7. The van der Waals surface area contributed by atoms with Gasteiger partial charge in [-0.1, -0.05) is 41.5 Å². The highest BCUT2D eigenvalue weighted by atomic mass is 19.4. The second kappa shape index (κ2) is 14.0. The summed E-state index contributed by atoms with van der Waals surface area (Å²) in [5, 5.41) is 14.6. The minimum atomic E-state index is -4.67. The Kier molecular flexibility index (Phi) is 10.1. The van der Waals surface area contributed by atoms with Crippen LogP contribution < -0.4 is 14.8 Å². The number of hydrogen-bond donors (Lipinski definition) is 2. The van der Waals surface area contributed by atoms with E-state index in [2.05, 4.69) is 10.0 Å². The fourth-order valence-corrected chi connectivity index (χ4v) is 4.70. The number of halogens is 3. The van der Waals surface area contributed by atoms with Crippen molar-refractivity contribution >= 4 is 11.8 Å². The van der Waals surface area contributed by atoms with Gasteiger partial charge in [-0.2, -0.15) is 13.2 Å². The number of nitrogens with zero attached hydrogens (tertiary/aromatic N) is 4. The lowest BCUT2D eigenvalue weighted by molar-refractivity contribution is -0.143. The highest BCUT2D eigenvalue weighted by molar-refractivity contribution is 6.01. The molecule has 0 fully saturated rings. The van der Waals surface area contributed by atoms with Crippen molar-refractivity contribution in [1.82, 2.24) is 5.32 Å². The van der Waals surface area contributed by atoms with E-state index in [-0.39, 0.29) is 25.5 Å². The van der Waals surface area contributed by atoms with Gasteiger partial charge in [0.05, 0.1) is 20.3 Å². The SMILES string of the molecule is COc1cccc([C@H]2OC(c3ccc(OCCCO)cc3)=N[C@@]2(Cc2ccccc2CN=[N+]=[N-])C(=O)NCC(F)(F)F)c1. The van der Waals surface area contributed by atoms with Crippen LogP contribution in [0.2, 0.25) is 0 Å². The minimum Gasteiger partial charge on any atom is -0.497 e. The molecule has 226 valence electrons. The van der Waals surface area contributed by atoms with Crippen molar-refractivity contribution in [3.8, 4) is 11.5 Å². The number of rotatable bonds is 13. The van der Waals surface area contributed by atoms with E-state index in [9.17, 15) is 18.0 Å². The maximum atomic E-state index is 13.9. The lowest BCUT2D eigenvalue weighted by Crippen LogP contribution is -2.52. The van der Waals surface area contributed by atoms with Crippen LogP contribution in [0.25, 0.3) is 10.4 Å². The topological polar surface area (TPSA) is 138 Å². The summed E-state index contributed by atoms with van der Waals surface area (Å²) < 4.78 is 57.2. The van der Waals surface area contributed by atoms with E-state index in [0.29, 0.717) is 46.8 Å². The maximum absolute atomic E-state index is 13.9. The molecule has 10 nitrogen and oxygen atoms in total. The van der Waals surface area contributed by atoms with Crippen molar-refractivity contribution < 1.29 is 37.3 Å². The van der Waals surface area contributed by atoms with E-state index in [0.717, 1.165) is 0 Å². The van der Waals surface area contributed by atoms with E-state index in [1.165, 1.54) is 7.11 Å². The number of ether oxygens (including phenoxy) is 3. The van der Waals surface area contributed by atoms with Gasteiger partial charge in [0.25, 0.3) is 5.91 Å². The van der Waals surface area contributed by atoms with Gasteiger partial charge in [-0.25, -0.2) is 4.99 Å². The standard InChI is InChI=1S/C30H30F3N5O5/c1-41-25-9-4-8-21(16-25)26-29(28(40)35-19-30(31,32)33,17-22-6-2-3-7-23(22)18-36-38-34)37-27(43-26)20-10-12-24(13-11-20)42-15-5-14-39/h2-4,6-13,16,26,39H,5,14-15,17-19H2,1H3,(H,35,40)/t26-,29-/m1/s1. The van der Waals surface area contributed by atoms with E-state index >= 15 is 0 Å². The Bertz CT molecular complexity index is 1490. The van der Waals surface area contributed by atoms with Crippen LogP contribution in [0, 0.1) is 0 Å². The molecule has 0 aromatic heterocycles. The number of amides is 1. The molecule has 1 heterocycles. The normalized spacial score (nSPS) is 17.8. The summed E-state index contributed by atoms with van der Waals surface area (Å²) in [5.41, 5.74) is 9.04. The Hall–Kier alpha value is -4.74. The fraction of sp³-hybridized carbons (Fsp3) is 0.333. The molecule has 0 bridgehead atoms. The first-order valence-corrected chi connectivity index (χ1v) is 13.4. The lowest BCUT2D eigenvalue weighted by Gasteiger charge is -2.31. The Morgan fingerprint density at radius 2 is 1.86 bits per heavy atom. The molecule has 0 spiro atoms. The minimum absolute atomic E-state index is 0.0150. The largest absolute Gasteiger partial charge is 0.497 e. The van der Waals surface area contributed by atoms with E-state index in [1.54, 1.807) is 72.8 Å². The van der Waals surface area contributed by atoms with Crippen molar-refractivity contribution in [2.45, 2.75) is 37.2 Å². The number of alkyl halides is 3. The molecule has 3 aromatic carbocycles. The molecule has 1 amide bonds. The smallest absolute Gasteiger partial charge is 0.405 e. The molecule has 0 saturated heterocycles. The van der Waals surface area contributed by atoms with Crippen molar-refractivity contribution in [2.75, 3.05) is 26.9 Å². The van der Waals surface area contributed by atoms with Crippen molar-refractivity contribution in [3.63, 3.8) is 0 Å². The van der Waals surface area contributed by atoms with Gasteiger partial charge in [0, 0.05) is 29.9 Å².